The summed E-state index contributed by atoms with van der Waals surface area (Å²) in [6.07, 6.45) is -0.0520. The third kappa shape index (κ3) is 1.70. The summed E-state index contributed by atoms with van der Waals surface area (Å²) < 4.78 is 19.3. The van der Waals surface area contributed by atoms with E-state index >= 15 is 0 Å². The minimum Gasteiger partial charge on any atom is -0.451 e. The minimum atomic E-state index is -1.14. The molecule has 1 aliphatic heterocycles. The number of alkyl halides is 1. The van der Waals surface area contributed by atoms with Gasteiger partial charge >= 0.3 is 5.97 Å². The first-order valence-corrected chi connectivity index (χ1v) is 5.60. The van der Waals surface area contributed by atoms with E-state index in [1.54, 1.807) is 6.92 Å². The predicted molar refractivity (Wildman–Crippen MR) is 58.6 cm³/mol. The average Bonchev–Trinajstić information content (AvgIpc) is 2.73. The molecule has 0 N–H and O–H groups in total. The van der Waals surface area contributed by atoms with Crippen molar-refractivity contribution >= 4 is 5.97 Å². The minimum absolute atomic E-state index is 0.301. The molecular formula is C13H15FO2. The van der Waals surface area contributed by atoms with Crippen molar-refractivity contribution in [3.63, 3.8) is 0 Å². The van der Waals surface area contributed by atoms with Gasteiger partial charge in [0, 0.05) is 12.8 Å². The van der Waals surface area contributed by atoms with E-state index < -0.39 is 11.8 Å². The molecule has 1 saturated heterocycles. The Balaban J connectivity index is 2.39. The summed E-state index contributed by atoms with van der Waals surface area (Å²) in [6.45, 7) is 1.77. The van der Waals surface area contributed by atoms with Crippen LogP contribution in [0.25, 0.3) is 0 Å². The Morgan fingerprint density at radius 2 is 2.12 bits per heavy atom. The van der Waals surface area contributed by atoms with Crippen LogP contribution in [-0.2, 0) is 15.1 Å². The van der Waals surface area contributed by atoms with Gasteiger partial charge in [0.2, 0.25) is 0 Å². The van der Waals surface area contributed by atoms with Crippen molar-refractivity contribution < 1.29 is 13.9 Å². The lowest BCUT2D eigenvalue weighted by Gasteiger charge is -2.31. The molecule has 1 aromatic carbocycles. The van der Waals surface area contributed by atoms with Crippen molar-refractivity contribution in [1.29, 1.82) is 0 Å². The molecule has 0 amide bonds. The first kappa shape index (κ1) is 11.1. The van der Waals surface area contributed by atoms with Crippen LogP contribution in [0.1, 0.15) is 31.7 Å². The standard InChI is InChI=1S/C13H15FO2/c1-2-11(14)13(9-8-12(15)16-13)10-6-4-3-5-7-10/h3-7,11H,2,8-9H2,1H3/t11-,13-/m0/s1. The maximum atomic E-state index is 14.1. The molecule has 1 aliphatic rings. The Bertz CT molecular complexity index is 377. The quantitative estimate of drug-likeness (QED) is 0.735. The molecule has 1 aromatic rings. The number of cyclic esters (lactones) is 1. The van der Waals surface area contributed by atoms with Crippen LogP contribution in [0, 0.1) is 0 Å². The lowest BCUT2D eigenvalue weighted by Crippen LogP contribution is -2.36. The van der Waals surface area contributed by atoms with Gasteiger partial charge < -0.3 is 4.74 Å². The molecule has 0 saturated carbocycles. The highest BCUT2D eigenvalue weighted by molar-refractivity contribution is 5.72. The lowest BCUT2D eigenvalue weighted by molar-refractivity contribution is -0.155. The van der Waals surface area contributed by atoms with Gasteiger partial charge in [-0.15, -0.1) is 0 Å². The number of benzene rings is 1. The first-order chi connectivity index (χ1) is 7.69. The molecule has 3 heteroatoms. The van der Waals surface area contributed by atoms with Gasteiger partial charge in [0.25, 0.3) is 0 Å². The number of hydrogen-bond acceptors (Lipinski definition) is 2. The van der Waals surface area contributed by atoms with E-state index in [1.807, 2.05) is 30.3 Å². The molecule has 0 bridgehead atoms. The van der Waals surface area contributed by atoms with Crippen LogP contribution in [0.2, 0.25) is 0 Å². The van der Waals surface area contributed by atoms with E-state index in [2.05, 4.69) is 0 Å². The molecule has 16 heavy (non-hydrogen) atoms. The second-order valence-corrected chi connectivity index (χ2v) is 4.11. The van der Waals surface area contributed by atoms with Gasteiger partial charge in [-0.1, -0.05) is 37.3 Å². The van der Waals surface area contributed by atoms with Crippen molar-refractivity contribution in [2.45, 2.75) is 38.0 Å². The smallest absolute Gasteiger partial charge is 0.306 e. The predicted octanol–water partition coefficient (Wildman–Crippen LogP) is 2.97. The highest BCUT2D eigenvalue weighted by atomic mass is 19.1. The fourth-order valence-corrected chi connectivity index (χ4v) is 2.25. The molecule has 2 atom stereocenters. The number of esters is 1. The topological polar surface area (TPSA) is 26.3 Å². The van der Waals surface area contributed by atoms with Gasteiger partial charge in [-0.3, -0.25) is 4.79 Å². The van der Waals surface area contributed by atoms with Crippen LogP contribution in [0.5, 0.6) is 0 Å². The van der Waals surface area contributed by atoms with Gasteiger partial charge in [0.1, 0.15) is 6.17 Å². The van der Waals surface area contributed by atoms with E-state index in [-0.39, 0.29) is 5.97 Å². The fraction of sp³-hybridized carbons (Fsp3) is 0.462. The summed E-state index contributed by atoms with van der Waals surface area (Å²) in [7, 11) is 0. The van der Waals surface area contributed by atoms with E-state index in [9.17, 15) is 9.18 Å². The summed E-state index contributed by atoms with van der Waals surface area (Å²) in [4.78, 5) is 11.3. The molecule has 0 unspecified atom stereocenters. The molecule has 1 heterocycles. The SMILES string of the molecule is CC[C@H](F)[C@@]1(c2ccccc2)CCC(=O)O1. The van der Waals surface area contributed by atoms with Gasteiger partial charge in [-0.05, 0) is 12.0 Å². The summed E-state index contributed by atoms with van der Waals surface area (Å²) in [5.74, 6) is -0.306. The van der Waals surface area contributed by atoms with Crippen LogP contribution in [0.4, 0.5) is 4.39 Å². The Hall–Kier alpha value is -1.38. The third-order valence-corrected chi connectivity index (χ3v) is 3.12. The zero-order valence-electron chi connectivity index (χ0n) is 9.28. The van der Waals surface area contributed by atoms with Crippen LogP contribution in [0.15, 0.2) is 30.3 Å². The summed E-state index contributed by atoms with van der Waals surface area (Å²) >= 11 is 0. The van der Waals surface area contributed by atoms with Crippen LogP contribution < -0.4 is 0 Å². The molecule has 0 radical (unpaired) electrons. The lowest BCUT2D eigenvalue weighted by atomic mass is 9.85. The Morgan fingerprint density at radius 3 is 2.62 bits per heavy atom. The molecule has 0 aromatic heterocycles. The van der Waals surface area contributed by atoms with Crippen LogP contribution in [0.3, 0.4) is 0 Å². The maximum absolute atomic E-state index is 14.1. The van der Waals surface area contributed by atoms with Gasteiger partial charge in [0.05, 0.1) is 0 Å². The zero-order valence-corrected chi connectivity index (χ0v) is 9.28. The summed E-state index contributed by atoms with van der Waals surface area (Å²) in [5.41, 5.74) is -0.289. The summed E-state index contributed by atoms with van der Waals surface area (Å²) in [5, 5.41) is 0. The van der Waals surface area contributed by atoms with E-state index in [1.165, 1.54) is 0 Å². The number of rotatable bonds is 3. The van der Waals surface area contributed by atoms with Gasteiger partial charge in [-0.25, -0.2) is 4.39 Å². The third-order valence-electron chi connectivity index (χ3n) is 3.12. The Labute approximate surface area is 94.4 Å². The number of halogens is 1. The average molecular weight is 222 g/mol. The highest BCUT2D eigenvalue weighted by Gasteiger charge is 2.48. The van der Waals surface area contributed by atoms with Crippen molar-refractivity contribution in [2.24, 2.45) is 0 Å². The fourth-order valence-electron chi connectivity index (χ4n) is 2.25. The number of carbonyl (C=O) groups excluding carboxylic acids is 1. The second kappa shape index (κ2) is 4.24. The number of hydrogen-bond donors (Lipinski definition) is 0. The maximum Gasteiger partial charge on any atom is 0.306 e. The summed E-state index contributed by atoms with van der Waals surface area (Å²) in [6, 6.07) is 9.19. The molecule has 0 spiro atoms. The molecular weight excluding hydrogens is 207 g/mol. The van der Waals surface area contributed by atoms with Gasteiger partial charge in [-0.2, -0.15) is 0 Å². The normalized spacial score (nSPS) is 26.5. The molecule has 2 rings (SSSR count). The Morgan fingerprint density at radius 1 is 1.44 bits per heavy atom. The van der Waals surface area contributed by atoms with Crippen LogP contribution in [-0.4, -0.2) is 12.1 Å². The largest absolute Gasteiger partial charge is 0.451 e. The second-order valence-electron chi connectivity index (χ2n) is 4.11. The molecule has 2 nitrogen and oxygen atoms in total. The van der Waals surface area contributed by atoms with Crippen molar-refractivity contribution in [3.8, 4) is 0 Å². The van der Waals surface area contributed by atoms with Gasteiger partial charge in [0.15, 0.2) is 5.60 Å². The van der Waals surface area contributed by atoms with Crippen molar-refractivity contribution in [1.82, 2.24) is 0 Å². The van der Waals surface area contributed by atoms with Crippen LogP contribution >= 0.6 is 0 Å². The van der Waals surface area contributed by atoms with Crippen molar-refractivity contribution in [2.75, 3.05) is 0 Å². The molecule has 86 valence electrons. The van der Waals surface area contributed by atoms with Crippen molar-refractivity contribution in [3.05, 3.63) is 35.9 Å². The monoisotopic (exact) mass is 222 g/mol. The Kier molecular flexibility index (Phi) is 2.95. The first-order valence-electron chi connectivity index (χ1n) is 5.60. The van der Waals surface area contributed by atoms with E-state index in [0.29, 0.717) is 19.3 Å². The van der Waals surface area contributed by atoms with E-state index in [0.717, 1.165) is 5.56 Å². The molecule has 1 fully saturated rings. The number of ether oxygens (including phenoxy) is 1. The highest BCUT2D eigenvalue weighted by Crippen LogP contribution is 2.42. The number of carbonyl (C=O) groups is 1. The zero-order chi connectivity index (χ0) is 11.6. The molecule has 0 aliphatic carbocycles. The van der Waals surface area contributed by atoms with E-state index in [4.69, 9.17) is 4.74 Å².